The van der Waals surface area contributed by atoms with Crippen molar-refractivity contribution in [3.8, 4) is 5.75 Å². The fourth-order valence-electron chi connectivity index (χ4n) is 2.09. The number of methoxy groups -OCH3 is 1. The van der Waals surface area contributed by atoms with Gasteiger partial charge in [0, 0.05) is 10.8 Å². The molecule has 1 N–H and O–H groups in total. The lowest BCUT2D eigenvalue weighted by atomic mass is 9.93. The van der Waals surface area contributed by atoms with E-state index in [9.17, 15) is 13.2 Å². The minimum Gasteiger partial charge on any atom is -0.497 e. The molecule has 8 heteroatoms. The highest BCUT2D eigenvalue weighted by molar-refractivity contribution is 7.93. The van der Waals surface area contributed by atoms with Gasteiger partial charge in [-0.1, -0.05) is 20.8 Å². The Bertz CT molecular complexity index is 892. The molecule has 1 aromatic heterocycles. The quantitative estimate of drug-likeness (QED) is 0.834. The molecule has 26 heavy (non-hydrogen) atoms. The lowest BCUT2D eigenvalue weighted by molar-refractivity contribution is -0.117. The molecule has 0 aliphatic carbocycles. The van der Waals surface area contributed by atoms with E-state index in [2.05, 4.69) is 10.3 Å². The number of aromatic nitrogens is 1. The van der Waals surface area contributed by atoms with E-state index >= 15 is 0 Å². The van der Waals surface area contributed by atoms with Crippen LogP contribution >= 0.6 is 11.3 Å². The highest BCUT2D eigenvalue weighted by Crippen LogP contribution is 2.30. The maximum Gasteiger partial charge on any atom is 0.247 e. The molecule has 0 unspecified atom stereocenters. The summed E-state index contributed by atoms with van der Waals surface area (Å²) in [7, 11) is -2.39. The van der Waals surface area contributed by atoms with E-state index in [1.54, 1.807) is 12.1 Å². The molecule has 0 aliphatic heterocycles. The largest absolute Gasteiger partial charge is 0.497 e. The number of thiazole rings is 1. The van der Waals surface area contributed by atoms with Crippen LogP contribution in [0.5, 0.6) is 5.75 Å². The average molecular weight is 397 g/mol. The Morgan fingerprint density at radius 1 is 1.12 bits per heavy atom. The molecular formula is C18H24N2O4S2. The Morgan fingerprint density at radius 3 is 2.15 bits per heavy atom. The van der Waals surface area contributed by atoms with E-state index in [-0.39, 0.29) is 10.3 Å². The van der Waals surface area contributed by atoms with E-state index in [0.717, 1.165) is 5.69 Å². The Morgan fingerprint density at radius 2 is 1.69 bits per heavy atom. The topological polar surface area (TPSA) is 85.4 Å². The molecule has 0 bridgehead atoms. The summed E-state index contributed by atoms with van der Waals surface area (Å²) < 4.78 is 29.2. The molecule has 1 amide bonds. The third-order valence-corrected chi connectivity index (χ3v) is 7.26. The number of hydrogen-bond donors (Lipinski definition) is 1. The summed E-state index contributed by atoms with van der Waals surface area (Å²) >= 11 is 1.28. The van der Waals surface area contributed by atoms with Gasteiger partial charge in [-0.2, -0.15) is 0 Å². The van der Waals surface area contributed by atoms with E-state index in [0.29, 0.717) is 10.9 Å². The second kappa shape index (κ2) is 7.00. The molecule has 0 aliphatic rings. The van der Waals surface area contributed by atoms with Crippen LogP contribution in [0.3, 0.4) is 0 Å². The van der Waals surface area contributed by atoms with Crippen LogP contribution < -0.4 is 10.1 Å². The Labute approximate surface area is 158 Å². The molecule has 1 aromatic carbocycles. The van der Waals surface area contributed by atoms with Gasteiger partial charge < -0.3 is 10.1 Å². The summed E-state index contributed by atoms with van der Waals surface area (Å²) in [5.74, 6) is -0.0770. The maximum absolute atomic E-state index is 12.9. The zero-order valence-electron chi connectivity index (χ0n) is 15.8. The molecule has 6 nitrogen and oxygen atoms in total. The highest BCUT2D eigenvalue weighted by Gasteiger charge is 2.43. The van der Waals surface area contributed by atoms with Crippen LogP contribution in [0.4, 0.5) is 5.13 Å². The van der Waals surface area contributed by atoms with E-state index < -0.39 is 20.5 Å². The van der Waals surface area contributed by atoms with Crippen LogP contribution in [0.2, 0.25) is 0 Å². The summed E-state index contributed by atoms with van der Waals surface area (Å²) in [5.41, 5.74) is 0.693. The van der Waals surface area contributed by atoms with Crippen molar-refractivity contribution in [1.82, 2.24) is 4.98 Å². The molecule has 142 valence electrons. The van der Waals surface area contributed by atoms with Gasteiger partial charge in [-0.05, 0) is 38.1 Å². The number of carbonyl (C=O) groups excluding carboxylic acids is 1. The van der Waals surface area contributed by atoms with Crippen molar-refractivity contribution in [3.63, 3.8) is 0 Å². The first-order valence-corrected chi connectivity index (χ1v) is 10.4. The number of benzene rings is 1. The fraction of sp³-hybridized carbons (Fsp3) is 0.444. The van der Waals surface area contributed by atoms with Crippen molar-refractivity contribution >= 4 is 32.2 Å². The number of nitrogens with zero attached hydrogens (tertiary/aromatic N) is 1. The number of amides is 1. The predicted octanol–water partition coefficient (Wildman–Crippen LogP) is 3.64. The minimum atomic E-state index is -3.90. The van der Waals surface area contributed by atoms with Gasteiger partial charge in [0.2, 0.25) is 5.91 Å². The molecule has 0 radical (unpaired) electrons. The van der Waals surface area contributed by atoms with Gasteiger partial charge in [0.05, 0.1) is 17.7 Å². The van der Waals surface area contributed by atoms with Gasteiger partial charge in [-0.15, -0.1) is 11.3 Å². The molecule has 0 spiro atoms. The average Bonchev–Trinajstić information content (AvgIpc) is 3.03. The van der Waals surface area contributed by atoms with Crippen molar-refractivity contribution in [1.29, 1.82) is 0 Å². The third-order valence-electron chi connectivity index (χ3n) is 4.08. The van der Waals surface area contributed by atoms with Crippen molar-refractivity contribution in [2.24, 2.45) is 0 Å². The Hall–Kier alpha value is -1.93. The molecule has 2 rings (SSSR count). The van der Waals surface area contributed by atoms with Crippen molar-refractivity contribution < 1.29 is 17.9 Å². The van der Waals surface area contributed by atoms with Crippen LogP contribution in [0.1, 0.15) is 40.3 Å². The van der Waals surface area contributed by atoms with Crippen LogP contribution in [0.15, 0.2) is 34.5 Å². The summed E-state index contributed by atoms with van der Waals surface area (Å²) in [5, 5.41) is 4.89. The van der Waals surface area contributed by atoms with E-state index in [4.69, 9.17) is 4.74 Å². The molecule has 0 saturated heterocycles. The zero-order chi connectivity index (χ0) is 19.8. The number of nitrogens with one attached hydrogen (secondary N) is 1. The second-order valence-corrected chi connectivity index (χ2v) is 10.8. The molecule has 1 heterocycles. The zero-order valence-corrected chi connectivity index (χ0v) is 17.4. The minimum absolute atomic E-state index is 0.0629. The predicted molar refractivity (Wildman–Crippen MR) is 104 cm³/mol. The molecular weight excluding hydrogens is 372 g/mol. The fourth-order valence-corrected chi connectivity index (χ4v) is 4.41. The van der Waals surface area contributed by atoms with Crippen molar-refractivity contribution in [3.05, 3.63) is 35.3 Å². The van der Waals surface area contributed by atoms with Crippen LogP contribution in [0, 0.1) is 0 Å². The smallest absolute Gasteiger partial charge is 0.247 e. The Kier molecular flexibility index (Phi) is 5.49. The van der Waals surface area contributed by atoms with Gasteiger partial charge in [0.15, 0.2) is 15.0 Å². The van der Waals surface area contributed by atoms with Crippen molar-refractivity contribution in [2.45, 2.75) is 49.7 Å². The van der Waals surface area contributed by atoms with Crippen molar-refractivity contribution in [2.75, 3.05) is 12.4 Å². The first kappa shape index (κ1) is 20.4. The van der Waals surface area contributed by atoms with Gasteiger partial charge in [-0.3, -0.25) is 4.79 Å². The first-order chi connectivity index (χ1) is 11.9. The monoisotopic (exact) mass is 396 g/mol. The number of anilines is 1. The maximum atomic E-state index is 12.9. The van der Waals surface area contributed by atoms with Gasteiger partial charge in [0.25, 0.3) is 0 Å². The second-order valence-electron chi connectivity index (χ2n) is 7.43. The number of sulfone groups is 1. The van der Waals surface area contributed by atoms with Crippen LogP contribution in [0.25, 0.3) is 0 Å². The summed E-state index contributed by atoms with van der Waals surface area (Å²) in [6, 6.07) is 5.98. The first-order valence-electron chi connectivity index (χ1n) is 8.06. The number of ether oxygens (including phenoxy) is 1. The van der Waals surface area contributed by atoms with E-state index in [1.165, 1.54) is 44.4 Å². The number of rotatable bonds is 5. The van der Waals surface area contributed by atoms with Gasteiger partial charge in [-0.25, -0.2) is 13.4 Å². The lowest BCUT2D eigenvalue weighted by Gasteiger charge is -2.23. The highest BCUT2D eigenvalue weighted by atomic mass is 32.2. The molecule has 0 saturated carbocycles. The summed E-state index contributed by atoms with van der Waals surface area (Å²) in [6.45, 7) is 8.84. The summed E-state index contributed by atoms with van der Waals surface area (Å²) in [6.07, 6.45) is 0. The van der Waals surface area contributed by atoms with Crippen LogP contribution in [-0.4, -0.2) is 31.2 Å². The SMILES string of the molecule is COc1ccc(S(=O)(=O)C(C)(C)C(=O)Nc2nc(C(C)(C)C)cs2)cc1. The Balaban J connectivity index is 2.26. The normalized spacial score (nSPS) is 12.7. The van der Waals surface area contributed by atoms with Crippen LogP contribution in [-0.2, 0) is 20.0 Å². The number of hydrogen-bond acceptors (Lipinski definition) is 6. The van der Waals surface area contributed by atoms with E-state index in [1.807, 2.05) is 26.2 Å². The van der Waals surface area contributed by atoms with Gasteiger partial charge in [0.1, 0.15) is 10.5 Å². The molecule has 2 aromatic rings. The lowest BCUT2D eigenvalue weighted by Crippen LogP contribution is -2.44. The number of carbonyl (C=O) groups is 1. The molecule has 0 atom stereocenters. The standard InChI is InChI=1S/C18H24N2O4S2/c1-17(2,3)14-11-25-16(19-14)20-15(21)18(4,5)26(22,23)13-9-7-12(24-6)8-10-13/h7-11H,1-6H3,(H,19,20,21). The molecule has 0 fully saturated rings. The third kappa shape index (κ3) is 3.91. The van der Waals surface area contributed by atoms with Gasteiger partial charge >= 0.3 is 0 Å². The summed E-state index contributed by atoms with van der Waals surface area (Å²) in [4.78, 5) is 17.1.